The predicted octanol–water partition coefficient (Wildman–Crippen LogP) is 5.88. The van der Waals surface area contributed by atoms with Crippen LogP contribution in [-0.2, 0) is 28.9 Å². The second-order valence-corrected chi connectivity index (χ2v) is 8.99. The van der Waals surface area contributed by atoms with Crippen molar-refractivity contribution in [1.82, 2.24) is 9.55 Å². The molecular formula is C25H27ClN2O4S. The number of nitrogens with zero attached hydrogens (tertiary/aromatic N) is 2. The lowest BCUT2D eigenvalue weighted by atomic mass is 10.1. The van der Waals surface area contributed by atoms with Gasteiger partial charge in [0.25, 0.3) is 0 Å². The van der Waals surface area contributed by atoms with Crippen molar-refractivity contribution in [3.8, 4) is 0 Å². The fourth-order valence-corrected chi connectivity index (χ4v) is 4.39. The first-order valence-corrected chi connectivity index (χ1v) is 12.1. The summed E-state index contributed by atoms with van der Waals surface area (Å²) in [5, 5.41) is 11.6. The normalized spacial score (nSPS) is 11.5. The maximum Gasteiger partial charge on any atom is 0.335 e. The molecule has 0 fully saturated rings. The smallest absolute Gasteiger partial charge is 0.335 e. The Morgan fingerprint density at radius 3 is 2.73 bits per heavy atom. The minimum atomic E-state index is -1.02. The van der Waals surface area contributed by atoms with E-state index < -0.39 is 5.97 Å². The summed E-state index contributed by atoms with van der Waals surface area (Å²) in [6.45, 7) is 4.62. The van der Waals surface area contributed by atoms with E-state index in [0.717, 1.165) is 41.2 Å². The number of carboxylic acid groups (broad SMARTS) is 1. The average Bonchev–Trinajstić information content (AvgIpc) is 3.43. The van der Waals surface area contributed by atoms with Gasteiger partial charge in [-0.05, 0) is 48.6 Å². The highest BCUT2D eigenvalue weighted by atomic mass is 35.5. The Morgan fingerprint density at radius 2 is 2.09 bits per heavy atom. The molecule has 0 radical (unpaired) electrons. The molecule has 0 unspecified atom stereocenters. The van der Waals surface area contributed by atoms with Gasteiger partial charge in [0, 0.05) is 28.3 Å². The molecule has 1 aromatic carbocycles. The number of aromatic nitrogens is 2. The number of thiophene rings is 1. The molecule has 33 heavy (non-hydrogen) atoms. The number of unbranched alkanes of at least 4 members (excludes halogenated alkanes) is 1. The Morgan fingerprint density at radius 1 is 1.27 bits per heavy atom. The average molecular weight is 487 g/mol. The van der Waals surface area contributed by atoms with Crippen LogP contribution in [0.25, 0.3) is 6.08 Å². The van der Waals surface area contributed by atoms with Crippen molar-refractivity contribution >= 4 is 41.0 Å². The van der Waals surface area contributed by atoms with Crippen molar-refractivity contribution in [2.75, 3.05) is 6.61 Å². The number of esters is 1. The molecule has 0 saturated heterocycles. The highest BCUT2D eigenvalue weighted by Gasteiger charge is 2.17. The molecule has 0 aliphatic carbocycles. The van der Waals surface area contributed by atoms with E-state index in [4.69, 9.17) is 16.3 Å². The number of carbonyl (C=O) groups excluding carboxylic acids is 1. The summed E-state index contributed by atoms with van der Waals surface area (Å²) in [4.78, 5) is 29.6. The summed E-state index contributed by atoms with van der Waals surface area (Å²) in [5.41, 5.74) is 2.25. The number of aryl methyl sites for hydroxylation is 1. The summed E-state index contributed by atoms with van der Waals surface area (Å²) < 4.78 is 7.33. The van der Waals surface area contributed by atoms with Gasteiger partial charge in [0.2, 0.25) is 0 Å². The van der Waals surface area contributed by atoms with Gasteiger partial charge < -0.3 is 14.4 Å². The SMILES string of the molecule is CCCCc1ncc(/C=C(\Cc2cccs2)C(=O)OCC)n1Cc1ccc(C(=O)O)cc1Cl. The van der Waals surface area contributed by atoms with Crippen LogP contribution in [0.4, 0.5) is 0 Å². The van der Waals surface area contributed by atoms with Crippen molar-refractivity contribution in [1.29, 1.82) is 0 Å². The standard InChI is InChI=1S/C25H27ClN2O4S/c1-3-5-8-23-27-15-20(12-19(25(31)32-4-2)13-21-7-6-11-33-21)28(23)16-18-10-9-17(24(29)30)14-22(18)26/h6-7,9-12,14-15H,3-5,8,13,16H2,1-2H3,(H,29,30)/b19-12+. The summed E-state index contributed by atoms with van der Waals surface area (Å²) in [6, 6.07) is 8.67. The van der Waals surface area contributed by atoms with Crippen LogP contribution in [-0.4, -0.2) is 33.2 Å². The number of hydrogen-bond donors (Lipinski definition) is 1. The van der Waals surface area contributed by atoms with Crippen molar-refractivity contribution in [3.05, 3.63) is 80.0 Å². The number of ether oxygens (including phenoxy) is 1. The zero-order chi connectivity index (χ0) is 23.8. The van der Waals surface area contributed by atoms with Gasteiger partial charge >= 0.3 is 11.9 Å². The van der Waals surface area contributed by atoms with Crippen LogP contribution in [0.5, 0.6) is 0 Å². The largest absolute Gasteiger partial charge is 0.478 e. The van der Waals surface area contributed by atoms with Gasteiger partial charge in [0.05, 0.1) is 30.6 Å². The van der Waals surface area contributed by atoms with Crippen LogP contribution >= 0.6 is 22.9 Å². The van der Waals surface area contributed by atoms with Crippen LogP contribution in [0.1, 0.15) is 59.0 Å². The van der Waals surface area contributed by atoms with Crippen LogP contribution in [0, 0.1) is 0 Å². The lowest BCUT2D eigenvalue weighted by Gasteiger charge is -2.13. The number of carbonyl (C=O) groups is 2. The molecule has 0 saturated carbocycles. The Bertz CT molecular complexity index is 1140. The fourth-order valence-electron chi connectivity index (χ4n) is 3.43. The monoisotopic (exact) mass is 486 g/mol. The summed E-state index contributed by atoms with van der Waals surface area (Å²) >= 11 is 8.00. The third kappa shape index (κ3) is 6.55. The first-order valence-electron chi connectivity index (χ1n) is 10.9. The zero-order valence-corrected chi connectivity index (χ0v) is 20.3. The van der Waals surface area contributed by atoms with Crippen LogP contribution in [0.3, 0.4) is 0 Å². The van der Waals surface area contributed by atoms with Gasteiger partial charge in [0.1, 0.15) is 5.82 Å². The van der Waals surface area contributed by atoms with Gasteiger partial charge in [-0.25, -0.2) is 14.6 Å². The minimum Gasteiger partial charge on any atom is -0.478 e. The number of imidazole rings is 1. The molecule has 2 heterocycles. The number of aromatic carboxylic acids is 1. The van der Waals surface area contributed by atoms with Crippen molar-refractivity contribution in [3.63, 3.8) is 0 Å². The topological polar surface area (TPSA) is 81.4 Å². The lowest BCUT2D eigenvalue weighted by Crippen LogP contribution is -2.12. The van der Waals surface area contributed by atoms with Crippen LogP contribution in [0.2, 0.25) is 5.02 Å². The molecule has 0 aliphatic rings. The van der Waals surface area contributed by atoms with E-state index in [-0.39, 0.29) is 11.5 Å². The molecular weight excluding hydrogens is 460 g/mol. The molecule has 6 nitrogen and oxygen atoms in total. The number of benzene rings is 1. The molecule has 0 atom stereocenters. The second kappa shape index (κ2) is 11.8. The molecule has 0 aliphatic heterocycles. The highest BCUT2D eigenvalue weighted by Crippen LogP contribution is 2.24. The lowest BCUT2D eigenvalue weighted by molar-refractivity contribution is -0.138. The van der Waals surface area contributed by atoms with Gasteiger partial charge in [-0.2, -0.15) is 0 Å². The maximum atomic E-state index is 12.7. The molecule has 2 aromatic heterocycles. The van der Waals surface area contributed by atoms with Gasteiger partial charge in [0.15, 0.2) is 0 Å². The van der Waals surface area contributed by atoms with E-state index in [1.807, 2.05) is 28.2 Å². The Labute approximate surface area is 202 Å². The Balaban J connectivity index is 2.01. The molecule has 0 spiro atoms. The number of rotatable bonds is 11. The zero-order valence-electron chi connectivity index (χ0n) is 18.7. The predicted molar refractivity (Wildman–Crippen MR) is 131 cm³/mol. The molecule has 0 bridgehead atoms. The van der Waals surface area contributed by atoms with Crippen molar-refractivity contribution < 1.29 is 19.4 Å². The molecule has 8 heteroatoms. The third-order valence-corrected chi connectivity index (χ3v) is 6.38. The minimum absolute atomic E-state index is 0.140. The summed E-state index contributed by atoms with van der Waals surface area (Å²) in [6.07, 6.45) is 6.86. The van der Waals surface area contributed by atoms with Crippen molar-refractivity contribution in [2.45, 2.75) is 46.1 Å². The van der Waals surface area contributed by atoms with E-state index in [1.165, 1.54) is 6.07 Å². The first-order chi connectivity index (χ1) is 15.9. The number of halogens is 1. The van der Waals surface area contributed by atoms with E-state index in [0.29, 0.717) is 30.2 Å². The summed E-state index contributed by atoms with van der Waals surface area (Å²) in [7, 11) is 0. The number of carboxylic acids is 1. The second-order valence-electron chi connectivity index (χ2n) is 7.55. The van der Waals surface area contributed by atoms with Crippen LogP contribution in [0.15, 0.2) is 47.5 Å². The Hall–Kier alpha value is -2.90. The Kier molecular flexibility index (Phi) is 8.86. The molecule has 3 rings (SSSR count). The quantitative estimate of drug-likeness (QED) is 0.270. The van der Waals surface area contributed by atoms with E-state index in [2.05, 4.69) is 11.9 Å². The molecule has 1 N–H and O–H groups in total. The van der Waals surface area contributed by atoms with Gasteiger partial charge in [-0.3, -0.25) is 0 Å². The molecule has 3 aromatic rings. The fraction of sp³-hybridized carbons (Fsp3) is 0.320. The molecule has 0 amide bonds. The summed E-state index contributed by atoms with van der Waals surface area (Å²) in [5.74, 6) is -0.482. The third-order valence-electron chi connectivity index (χ3n) is 5.16. The maximum absolute atomic E-state index is 12.7. The highest BCUT2D eigenvalue weighted by molar-refractivity contribution is 7.09. The van der Waals surface area contributed by atoms with Gasteiger partial charge in [-0.1, -0.05) is 37.1 Å². The van der Waals surface area contributed by atoms with Gasteiger partial charge in [-0.15, -0.1) is 11.3 Å². The van der Waals surface area contributed by atoms with E-state index in [1.54, 1.807) is 36.6 Å². The first kappa shape index (κ1) is 24.7. The van der Waals surface area contributed by atoms with E-state index in [9.17, 15) is 14.7 Å². The van der Waals surface area contributed by atoms with E-state index >= 15 is 0 Å². The number of hydrogen-bond acceptors (Lipinski definition) is 5. The molecule has 174 valence electrons. The van der Waals surface area contributed by atoms with Crippen molar-refractivity contribution in [2.24, 2.45) is 0 Å². The van der Waals surface area contributed by atoms with Crippen LogP contribution < -0.4 is 0 Å².